The second kappa shape index (κ2) is 9.39. The molecule has 5 atom stereocenters. The van der Waals surface area contributed by atoms with Crippen molar-refractivity contribution in [3.05, 3.63) is 54.6 Å². The number of aliphatic hydroxyl groups excluding tert-OH is 1. The van der Waals surface area contributed by atoms with Gasteiger partial charge in [0.1, 0.15) is 18.2 Å². The number of nitrogens with one attached hydrogen (secondary N) is 2. The summed E-state index contributed by atoms with van der Waals surface area (Å²) >= 11 is 1.62. The lowest BCUT2D eigenvalue weighted by Gasteiger charge is -2.34. The Labute approximate surface area is 224 Å². The number of amides is 3. The van der Waals surface area contributed by atoms with Crippen LogP contribution in [0, 0.1) is 11.8 Å². The van der Waals surface area contributed by atoms with Crippen LogP contribution >= 0.6 is 11.8 Å². The zero-order chi connectivity index (χ0) is 26.5. The van der Waals surface area contributed by atoms with E-state index in [2.05, 4.69) is 20.9 Å². The number of aromatic nitrogens is 3. The minimum Gasteiger partial charge on any atom is -0.396 e. The first kappa shape index (κ1) is 24.9. The van der Waals surface area contributed by atoms with Gasteiger partial charge in [-0.15, -0.1) is 16.9 Å². The number of benzene rings is 2. The lowest BCUT2D eigenvalue weighted by Crippen LogP contribution is -2.54. The summed E-state index contributed by atoms with van der Waals surface area (Å²) in [6.45, 7) is 2.31. The summed E-state index contributed by atoms with van der Waals surface area (Å²) < 4.78 is 0.450. The Kier molecular flexibility index (Phi) is 6.14. The fraction of sp³-hybridized carbons (Fsp3) is 0.444. The summed E-state index contributed by atoms with van der Waals surface area (Å²) in [5.74, 6) is -1.84. The van der Waals surface area contributed by atoms with E-state index in [-0.39, 0.29) is 37.5 Å². The molecule has 2 unspecified atom stereocenters. The van der Waals surface area contributed by atoms with Crippen molar-refractivity contribution in [1.82, 2.24) is 25.2 Å². The largest absolute Gasteiger partial charge is 0.396 e. The summed E-state index contributed by atoms with van der Waals surface area (Å²) in [6.07, 6.45) is 1.76. The Bertz CT molecular complexity index is 1400. The second-order valence-electron chi connectivity index (χ2n) is 10.5. The first-order chi connectivity index (χ1) is 18.4. The normalized spacial score (nSPS) is 29.6. The van der Waals surface area contributed by atoms with Gasteiger partial charge in [0.2, 0.25) is 17.7 Å². The molecule has 38 heavy (non-hydrogen) atoms. The van der Waals surface area contributed by atoms with E-state index in [1.54, 1.807) is 21.3 Å². The van der Waals surface area contributed by atoms with Gasteiger partial charge < -0.3 is 20.6 Å². The number of thioether (sulfide) groups is 1. The average molecular weight is 535 g/mol. The smallest absolute Gasteiger partial charge is 0.245 e. The third kappa shape index (κ3) is 3.79. The van der Waals surface area contributed by atoms with Crippen LogP contribution in [0.1, 0.15) is 26.2 Å². The van der Waals surface area contributed by atoms with Gasteiger partial charge in [-0.05, 0) is 50.5 Å². The number of hydrogen-bond donors (Lipinski definition) is 3. The molecule has 3 aliphatic heterocycles. The van der Waals surface area contributed by atoms with E-state index in [0.717, 1.165) is 17.5 Å². The van der Waals surface area contributed by atoms with Crippen molar-refractivity contribution in [2.75, 3.05) is 18.5 Å². The number of rotatable bonds is 8. The quantitative estimate of drug-likeness (QED) is 0.403. The molecule has 0 radical (unpaired) electrons. The minimum absolute atomic E-state index is 0.0937. The predicted octanol–water partition coefficient (Wildman–Crippen LogP) is 2.01. The zero-order valence-corrected chi connectivity index (χ0v) is 21.9. The summed E-state index contributed by atoms with van der Waals surface area (Å²) in [7, 11) is 0. The molecule has 6 rings (SSSR count). The van der Waals surface area contributed by atoms with Gasteiger partial charge in [-0.25, -0.2) is 4.68 Å². The Balaban J connectivity index is 1.30. The molecule has 4 heterocycles. The van der Waals surface area contributed by atoms with Gasteiger partial charge in [0.15, 0.2) is 0 Å². The molecular weight excluding hydrogens is 504 g/mol. The van der Waals surface area contributed by atoms with Crippen molar-refractivity contribution in [3.63, 3.8) is 0 Å². The molecule has 3 N–H and O–H groups in total. The Morgan fingerprint density at radius 3 is 2.66 bits per heavy atom. The van der Waals surface area contributed by atoms with Gasteiger partial charge in [0.05, 0.1) is 22.1 Å². The van der Waals surface area contributed by atoms with Crippen molar-refractivity contribution in [2.45, 2.75) is 48.4 Å². The molecule has 3 fully saturated rings. The summed E-state index contributed by atoms with van der Waals surface area (Å²) in [5, 5.41) is 23.8. The summed E-state index contributed by atoms with van der Waals surface area (Å²) in [6, 6.07) is 16.0. The molecule has 1 spiro atoms. The van der Waals surface area contributed by atoms with Crippen LogP contribution in [0.25, 0.3) is 11.0 Å². The van der Waals surface area contributed by atoms with Crippen LogP contribution in [-0.4, -0.2) is 71.4 Å². The third-order valence-electron chi connectivity index (χ3n) is 8.23. The van der Waals surface area contributed by atoms with Crippen molar-refractivity contribution >= 4 is 46.2 Å². The molecule has 0 saturated carbocycles. The first-order valence-electron chi connectivity index (χ1n) is 12.9. The highest BCUT2D eigenvalue weighted by atomic mass is 32.2. The van der Waals surface area contributed by atoms with Crippen LogP contribution < -0.4 is 10.6 Å². The standard InChI is InChI=1S/C27H30N6O4S/c1-26-12-13-27(38-26)21(20(26)23(35)29-17-8-3-2-4-9-17)25(37)32(14-7-15-34)22(27)24(36)28-16-33-19-11-6-5-10-18(19)30-31-33/h2-6,8-11,20-22,34H,7,12-16H2,1H3,(H,28,36)(H,29,35)/t20-,21+,22?,26+,27?/m1/s1. The van der Waals surface area contributed by atoms with Crippen LogP contribution in [0.2, 0.25) is 0 Å². The predicted molar refractivity (Wildman–Crippen MR) is 143 cm³/mol. The maximum Gasteiger partial charge on any atom is 0.245 e. The SMILES string of the molecule is C[C@@]12CCC3(S1)C(C(=O)NCn1nnc4ccccc41)N(CCCO)C(=O)[C@@H]3[C@@H]2C(=O)Nc1ccccc1. The van der Waals surface area contributed by atoms with E-state index in [4.69, 9.17) is 0 Å². The first-order valence-corrected chi connectivity index (χ1v) is 13.7. The Morgan fingerprint density at radius 2 is 1.87 bits per heavy atom. The number of anilines is 1. The molecule has 1 aromatic heterocycles. The van der Waals surface area contributed by atoms with Gasteiger partial charge in [0.25, 0.3) is 0 Å². The Hall–Kier alpha value is -3.44. The van der Waals surface area contributed by atoms with E-state index in [1.807, 2.05) is 61.5 Å². The number of aliphatic hydroxyl groups is 1. The molecule has 3 aliphatic rings. The van der Waals surface area contributed by atoms with Crippen molar-refractivity contribution in [1.29, 1.82) is 0 Å². The maximum atomic E-state index is 14.0. The maximum absolute atomic E-state index is 14.0. The minimum atomic E-state index is -0.748. The number of para-hydroxylation sites is 2. The van der Waals surface area contributed by atoms with Gasteiger partial charge in [-0.2, -0.15) is 0 Å². The molecule has 11 heteroatoms. The fourth-order valence-corrected chi connectivity index (χ4v) is 8.99. The van der Waals surface area contributed by atoms with E-state index in [1.165, 1.54) is 0 Å². The van der Waals surface area contributed by atoms with E-state index < -0.39 is 27.4 Å². The van der Waals surface area contributed by atoms with Crippen LogP contribution in [-0.2, 0) is 21.1 Å². The molecule has 3 saturated heterocycles. The molecule has 3 aromatic rings. The number of carbonyl (C=O) groups is 3. The molecule has 0 aliphatic carbocycles. The summed E-state index contributed by atoms with van der Waals surface area (Å²) in [5.41, 5.74) is 2.20. The number of likely N-dealkylation sites (tertiary alicyclic amines) is 1. The van der Waals surface area contributed by atoms with Crippen LogP contribution in [0.5, 0.6) is 0 Å². The topological polar surface area (TPSA) is 129 Å². The number of carbonyl (C=O) groups excluding carboxylic acids is 3. The Morgan fingerprint density at radius 1 is 1.11 bits per heavy atom. The highest BCUT2D eigenvalue weighted by Gasteiger charge is 2.77. The second-order valence-corrected chi connectivity index (χ2v) is 12.4. The van der Waals surface area contributed by atoms with Crippen LogP contribution in [0.15, 0.2) is 54.6 Å². The van der Waals surface area contributed by atoms with Crippen molar-refractivity contribution in [2.24, 2.45) is 11.8 Å². The van der Waals surface area contributed by atoms with Crippen molar-refractivity contribution in [3.8, 4) is 0 Å². The highest BCUT2D eigenvalue weighted by molar-refractivity contribution is 8.02. The van der Waals surface area contributed by atoms with E-state index >= 15 is 0 Å². The average Bonchev–Trinajstić information content (AvgIpc) is 3.62. The number of hydrogen-bond acceptors (Lipinski definition) is 7. The zero-order valence-electron chi connectivity index (χ0n) is 21.0. The molecule has 2 aromatic carbocycles. The van der Waals surface area contributed by atoms with Gasteiger partial charge in [-0.3, -0.25) is 14.4 Å². The van der Waals surface area contributed by atoms with Gasteiger partial charge >= 0.3 is 0 Å². The third-order valence-corrected chi connectivity index (χ3v) is 10.2. The molecule has 2 bridgehead atoms. The highest BCUT2D eigenvalue weighted by Crippen LogP contribution is 2.71. The molecule has 10 nitrogen and oxygen atoms in total. The lowest BCUT2D eigenvalue weighted by molar-refractivity contribution is -0.139. The van der Waals surface area contributed by atoms with Crippen LogP contribution in [0.3, 0.4) is 0 Å². The van der Waals surface area contributed by atoms with Crippen molar-refractivity contribution < 1.29 is 19.5 Å². The van der Waals surface area contributed by atoms with Gasteiger partial charge in [-0.1, -0.05) is 35.5 Å². The van der Waals surface area contributed by atoms with E-state index in [0.29, 0.717) is 18.5 Å². The monoisotopic (exact) mass is 534 g/mol. The van der Waals surface area contributed by atoms with Crippen LogP contribution in [0.4, 0.5) is 5.69 Å². The molecule has 198 valence electrons. The fourth-order valence-electron chi connectivity index (χ4n) is 6.63. The van der Waals surface area contributed by atoms with Gasteiger partial charge in [0, 0.05) is 23.6 Å². The number of fused-ring (bicyclic) bond motifs is 2. The number of nitrogens with zero attached hydrogens (tertiary/aromatic N) is 4. The lowest BCUT2D eigenvalue weighted by atomic mass is 9.66. The molecule has 3 amide bonds. The molecular formula is C27H30N6O4S. The van der Waals surface area contributed by atoms with E-state index in [9.17, 15) is 19.5 Å². The summed E-state index contributed by atoms with van der Waals surface area (Å²) in [4.78, 5) is 43.0.